The summed E-state index contributed by atoms with van der Waals surface area (Å²) in [7, 11) is -4.85. The van der Waals surface area contributed by atoms with Crippen LogP contribution in [0.25, 0.3) is 0 Å². The maximum absolute atomic E-state index is 14.5. The van der Waals surface area contributed by atoms with Crippen LogP contribution in [0.4, 0.5) is 0 Å². The van der Waals surface area contributed by atoms with Crippen molar-refractivity contribution >= 4 is 50.1 Å². The van der Waals surface area contributed by atoms with Crippen LogP contribution in [0.5, 0.6) is 0 Å². The van der Waals surface area contributed by atoms with E-state index in [0.29, 0.717) is 21.2 Å². The average molecular weight is 585 g/mol. The minimum absolute atomic E-state index is 0.494. The Morgan fingerprint density at radius 2 is 0.805 bits per heavy atom. The predicted molar refractivity (Wildman–Crippen MR) is 160 cm³/mol. The molecule has 0 aliphatic rings. The summed E-state index contributed by atoms with van der Waals surface area (Å²) in [6, 6.07) is 39.0. The second-order valence-corrected chi connectivity index (χ2v) is 15.4. The Hall–Kier alpha value is -4.62. The first-order valence-corrected chi connectivity index (χ1v) is 16.1. The van der Waals surface area contributed by atoms with Gasteiger partial charge in [-0.2, -0.15) is 0 Å². The van der Waals surface area contributed by atoms with Crippen LogP contribution in [-0.4, -0.2) is 30.6 Å². The summed E-state index contributed by atoms with van der Waals surface area (Å²) in [5.41, 5.74) is -0.988. The molecule has 0 atom stereocenters. The van der Waals surface area contributed by atoms with Gasteiger partial charge >= 0.3 is 238 Å². The Balaban J connectivity index is 1.98. The third-order valence-corrected chi connectivity index (χ3v) is 14.9. The van der Waals surface area contributed by atoms with E-state index in [1.807, 2.05) is 72.8 Å². The summed E-state index contributed by atoms with van der Waals surface area (Å²) in [5, 5.41) is 21.6. The summed E-state index contributed by atoms with van der Waals surface area (Å²) >= 11 is 0. The molecule has 0 radical (unpaired) electrons. The molecule has 0 bridgehead atoms. The van der Waals surface area contributed by atoms with Crippen molar-refractivity contribution in [2.75, 3.05) is 0 Å². The number of carbonyl (C=O) groups is 2. The topological polar surface area (TPSA) is 118 Å². The molecule has 0 fully saturated rings. The van der Waals surface area contributed by atoms with Crippen molar-refractivity contribution in [3.8, 4) is 0 Å². The number of rotatable bonds is 9. The van der Waals surface area contributed by atoms with E-state index in [9.17, 15) is 28.2 Å². The Morgan fingerprint density at radius 1 is 0.512 bits per heavy atom. The van der Waals surface area contributed by atoms with Gasteiger partial charge in [-0.1, -0.05) is 0 Å². The normalized spacial score (nSPS) is 12.6. The molecule has 0 saturated heterocycles. The minimum atomic E-state index is -4.85. The fraction of sp³-hybridized carbons (Fsp3) is 0. The zero-order valence-electron chi connectivity index (χ0n) is 21.6. The maximum atomic E-state index is 14.5. The van der Waals surface area contributed by atoms with Crippen LogP contribution in [0, 0.1) is 0 Å². The number of carboxylic acids is 2. The van der Waals surface area contributed by atoms with Gasteiger partial charge in [0.05, 0.1) is 0 Å². The van der Waals surface area contributed by atoms with E-state index in [0.717, 1.165) is 18.2 Å². The molecule has 41 heavy (non-hydrogen) atoms. The number of aromatic carboxylic acids is 2. The quantitative estimate of drug-likeness (QED) is 0.244. The van der Waals surface area contributed by atoms with Crippen LogP contribution in [-0.2, 0) is 14.1 Å². The predicted octanol–water partition coefficient (Wildman–Crippen LogP) is 4.56. The van der Waals surface area contributed by atoms with Gasteiger partial charge in [0.25, 0.3) is 0 Å². The van der Waals surface area contributed by atoms with E-state index >= 15 is 0 Å². The molecule has 0 aliphatic heterocycles. The summed E-state index contributed by atoms with van der Waals surface area (Å²) in [5.74, 6) is -2.95. The molecular formula is C32H25O7PS. The van der Waals surface area contributed by atoms with Gasteiger partial charge in [0, 0.05) is 0 Å². The molecule has 2 N–H and O–H groups in total. The van der Waals surface area contributed by atoms with Crippen molar-refractivity contribution in [1.29, 1.82) is 0 Å². The molecule has 0 spiro atoms. The third kappa shape index (κ3) is 4.62. The number of hydrogen-bond acceptors (Lipinski definition) is 5. The van der Waals surface area contributed by atoms with Gasteiger partial charge in [-0.05, 0) is 0 Å². The standard InChI is InChI=1S/C32H25O7PS/c33-31(34)24-21-25(32(35)36)23-30(22-24)41(37,38)39-40(26-13-5-1-6-14-26,27-15-7-2-8-16-27,28-17-9-3-10-18-28)29-19-11-4-12-20-29/h1-23H,(H,33,34)(H,35,36). The van der Waals surface area contributed by atoms with Crippen LogP contribution < -0.4 is 21.2 Å². The number of hydrogen-bond donors (Lipinski definition) is 2. The van der Waals surface area contributed by atoms with Crippen molar-refractivity contribution in [1.82, 2.24) is 0 Å². The van der Waals surface area contributed by atoms with Crippen LogP contribution in [0.1, 0.15) is 20.7 Å². The number of benzene rings is 5. The van der Waals surface area contributed by atoms with Crippen LogP contribution in [0.15, 0.2) is 144 Å². The van der Waals surface area contributed by atoms with Crippen LogP contribution in [0.3, 0.4) is 0 Å². The number of carboxylic acid groups (broad SMARTS) is 2. The van der Waals surface area contributed by atoms with Crippen molar-refractivity contribution < 1.29 is 32.2 Å². The van der Waals surface area contributed by atoms with Crippen molar-refractivity contribution in [2.45, 2.75) is 4.90 Å². The van der Waals surface area contributed by atoms with E-state index in [-0.39, 0.29) is 0 Å². The summed E-state index contributed by atoms with van der Waals surface area (Å²) in [6.45, 7) is -4.68. The first-order valence-electron chi connectivity index (χ1n) is 12.5. The van der Waals surface area contributed by atoms with Gasteiger partial charge in [0.1, 0.15) is 0 Å². The molecule has 5 aromatic rings. The van der Waals surface area contributed by atoms with Crippen molar-refractivity contribution in [3.05, 3.63) is 151 Å². The molecule has 0 unspecified atom stereocenters. The molecule has 0 heterocycles. The molecule has 0 aliphatic carbocycles. The zero-order chi connectivity index (χ0) is 29.1. The molecule has 0 aromatic heterocycles. The Morgan fingerprint density at radius 3 is 1.07 bits per heavy atom. The molecule has 5 aromatic carbocycles. The summed E-state index contributed by atoms with van der Waals surface area (Å²) < 4.78 is 35.8. The van der Waals surface area contributed by atoms with E-state index in [1.165, 1.54) is 0 Å². The molecular weight excluding hydrogens is 559 g/mol. The van der Waals surface area contributed by atoms with Gasteiger partial charge in [0.2, 0.25) is 0 Å². The van der Waals surface area contributed by atoms with Gasteiger partial charge in [-0.25, -0.2) is 0 Å². The first kappa shape index (κ1) is 27.9. The Kier molecular flexibility index (Phi) is 7.32. The zero-order valence-corrected chi connectivity index (χ0v) is 23.3. The van der Waals surface area contributed by atoms with Crippen LogP contribution >= 0.6 is 6.83 Å². The summed E-state index contributed by atoms with van der Waals surface area (Å²) in [6.07, 6.45) is 0. The van der Waals surface area contributed by atoms with E-state index in [1.54, 1.807) is 48.5 Å². The molecule has 0 amide bonds. The Bertz CT molecular complexity index is 1630. The second kappa shape index (κ2) is 10.7. The van der Waals surface area contributed by atoms with Gasteiger partial charge in [0.15, 0.2) is 0 Å². The van der Waals surface area contributed by atoms with Gasteiger partial charge in [-0.15, -0.1) is 0 Å². The summed E-state index contributed by atoms with van der Waals surface area (Å²) in [4.78, 5) is 23.2. The average Bonchev–Trinajstić information content (AvgIpc) is 3.01. The van der Waals surface area contributed by atoms with Crippen LogP contribution in [0.2, 0.25) is 0 Å². The SMILES string of the molecule is O=C(O)c1cc(C(=O)O)cc(S(=O)(=O)OP(c2ccccc2)(c2ccccc2)(c2ccccc2)c2ccccc2)c1. The van der Waals surface area contributed by atoms with Crippen molar-refractivity contribution in [3.63, 3.8) is 0 Å². The molecule has 9 heteroatoms. The molecule has 206 valence electrons. The molecule has 5 rings (SSSR count). The first-order chi connectivity index (χ1) is 19.7. The van der Waals surface area contributed by atoms with Gasteiger partial charge < -0.3 is 0 Å². The van der Waals surface area contributed by atoms with E-state index < -0.39 is 44.9 Å². The monoisotopic (exact) mass is 584 g/mol. The third-order valence-electron chi connectivity index (χ3n) is 6.93. The molecule has 7 nitrogen and oxygen atoms in total. The van der Waals surface area contributed by atoms with Gasteiger partial charge in [-0.3, -0.25) is 0 Å². The fourth-order valence-corrected chi connectivity index (χ4v) is 13.7. The molecule has 0 saturated carbocycles. The van der Waals surface area contributed by atoms with E-state index in [2.05, 4.69) is 0 Å². The van der Waals surface area contributed by atoms with E-state index in [4.69, 9.17) is 3.97 Å². The van der Waals surface area contributed by atoms with Crippen molar-refractivity contribution in [2.24, 2.45) is 0 Å². The second-order valence-electron chi connectivity index (χ2n) is 9.26. The Labute approximate surface area is 237 Å². The fourth-order valence-electron chi connectivity index (χ4n) is 5.15.